The van der Waals surface area contributed by atoms with E-state index in [4.69, 9.17) is 0 Å². The molecule has 0 saturated heterocycles. The van der Waals surface area contributed by atoms with Crippen LogP contribution >= 0.6 is 0 Å². The Morgan fingerprint density at radius 1 is 0.514 bits per heavy atom. The predicted molar refractivity (Wildman–Crippen MR) is 141 cm³/mol. The molecule has 0 amide bonds. The van der Waals surface area contributed by atoms with Gasteiger partial charge in [-0.25, -0.2) is 0 Å². The molecule has 0 unspecified atom stereocenters. The number of rotatable bonds is 1. The molecule has 7 rings (SSSR count). The van der Waals surface area contributed by atoms with Crippen LogP contribution in [0, 0.1) is 6.07 Å². The summed E-state index contributed by atoms with van der Waals surface area (Å²) in [6.07, 6.45) is 5.58. The second-order valence-electron chi connectivity index (χ2n) is 8.07. The Morgan fingerprint density at radius 3 is 1.77 bits per heavy atom. The summed E-state index contributed by atoms with van der Waals surface area (Å²) in [6.45, 7) is 0. The molecule has 0 atom stereocenters. The standard InChI is InChI=1S/C16H10N2.C15H10N.Pt/c1-3-12-7-5-11-6-8-13-4-2-10-18-16(13)14(11)15(12)17-9-1;1-2-6-12(7-3-1)15-10-13-8-4-5-9-14(13)11-16-15;/h1-10H;1-6,8-11H;/q;-1;. The number of nitrogens with zero attached hydrogens (tertiary/aromatic N) is 3. The number of fused-ring (bicyclic) bond motifs is 6. The average Bonchev–Trinajstić information content (AvgIpc) is 2.93. The molecule has 0 aliphatic heterocycles. The van der Waals surface area contributed by atoms with E-state index in [0.29, 0.717) is 0 Å². The van der Waals surface area contributed by atoms with Crippen LogP contribution in [0.4, 0.5) is 0 Å². The molecule has 170 valence electrons. The van der Waals surface area contributed by atoms with Crippen LogP contribution in [0.5, 0.6) is 0 Å². The number of hydrogen-bond acceptors (Lipinski definition) is 3. The topological polar surface area (TPSA) is 38.7 Å². The Balaban J connectivity index is 0.000000142. The molecule has 4 aromatic carbocycles. The van der Waals surface area contributed by atoms with Crippen molar-refractivity contribution in [2.24, 2.45) is 0 Å². The van der Waals surface area contributed by atoms with Gasteiger partial charge in [0.15, 0.2) is 0 Å². The third-order valence-corrected chi connectivity index (χ3v) is 5.94. The zero-order valence-corrected chi connectivity index (χ0v) is 21.0. The van der Waals surface area contributed by atoms with Crippen molar-refractivity contribution in [1.82, 2.24) is 15.0 Å². The first kappa shape index (κ1) is 22.8. The fraction of sp³-hybridized carbons (Fsp3) is 0. The summed E-state index contributed by atoms with van der Waals surface area (Å²) >= 11 is 0. The van der Waals surface area contributed by atoms with E-state index in [1.165, 1.54) is 16.2 Å². The molecule has 0 fully saturated rings. The van der Waals surface area contributed by atoms with Crippen LogP contribution in [-0.2, 0) is 21.1 Å². The monoisotopic (exact) mass is 629 g/mol. The van der Waals surface area contributed by atoms with Gasteiger partial charge in [-0.1, -0.05) is 66.7 Å². The number of pyridine rings is 3. The molecular weight excluding hydrogens is 609 g/mol. The van der Waals surface area contributed by atoms with Gasteiger partial charge in [0.25, 0.3) is 0 Å². The van der Waals surface area contributed by atoms with Crippen molar-refractivity contribution in [3.05, 3.63) is 128 Å². The minimum atomic E-state index is 0. The van der Waals surface area contributed by atoms with Gasteiger partial charge in [-0.2, -0.15) is 0 Å². The third-order valence-electron chi connectivity index (χ3n) is 5.94. The van der Waals surface area contributed by atoms with Crippen LogP contribution in [0.3, 0.4) is 0 Å². The maximum Gasteiger partial charge on any atom is 0.0802 e. The van der Waals surface area contributed by atoms with Crippen LogP contribution in [0.2, 0.25) is 0 Å². The summed E-state index contributed by atoms with van der Waals surface area (Å²) in [7, 11) is 0. The van der Waals surface area contributed by atoms with Crippen LogP contribution in [0.1, 0.15) is 0 Å². The van der Waals surface area contributed by atoms with Crippen molar-refractivity contribution in [3.8, 4) is 11.3 Å². The SMILES string of the molecule is [Pt].[c-]1ccccc1-c1cc2ccccc2cn1.c1cnc2c(c1)ccc1ccc3cccnc3c12. The largest absolute Gasteiger partial charge is 0.304 e. The molecule has 3 heterocycles. The third kappa shape index (κ3) is 4.56. The van der Waals surface area contributed by atoms with Gasteiger partial charge in [-0.05, 0) is 34.0 Å². The van der Waals surface area contributed by atoms with Crippen molar-refractivity contribution < 1.29 is 21.1 Å². The van der Waals surface area contributed by atoms with Crippen LogP contribution in [0.25, 0.3) is 54.6 Å². The molecule has 0 bridgehead atoms. The molecular formula is C31H20N3Pt-. The normalized spacial score (nSPS) is 10.6. The Labute approximate surface area is 217 Å². The molecule has 0 aliphatic carbocycles. The van der Waals surface area contributed by atoms with Crippen LogP contribution < -0.4 is 0 Å². The minimum absolute atomic E-state index is 0. The summed E-state index contributed by atoms with van der Waals surface area (Å²) in [4.78, 5) is 13.5. The van der Waals surface area contributed by atoms with Crippen molar-refractivity contribution in [1.29, 1.82) is 0 Å². The fourth-order valence-corrected chi connectivity index (χ4v) is 4.27. The van der Waals surface area contributed by atoms with Gasteiger partial charge in [0.1, 0.15) is 0 Å². The second-order valence-corrected chi connectivity index (χ2v) is 8.07. The van der Waals surface area contributed by atoms with Crippen molar-refractivity contribution >= 4 is 43.4 Å². The average molecular weight is 630 g/mol. The van der Waals surface area contributed by atoms with Gasteiger partial charge >= 0.3 is 0 Å². The van der Waals surface area contributed by atoms with Crippen LogP contribution in [0.15, 0.2) is 122 Å². The van der Waals surface area contributed by atoms with E-state index in [-0.39, 0.29) is 21.1 Å². The van der Waals surface area contributed by atoms with E-state index < -0.39 is 0 Å². The quantitative estimate of drug-likeness (QED) is 0.139. The maximum absolute atomic E-state index is 4.52. The molecule has 0 N–H and O–H groups in total. The van der Waals surface area contributed by atoms with Gasteiger partial charge in [0.2, 0.25) is 0 Å². The zero-order chi connectivity index (χ0) is 22.7. The summed E-state index contributed by atoms with van der Waals surface area (Å²) in [6, 6.07) is 38.0. The van der Waals surface area contributed by atoms with Gasteiger partial charge in [-0.3, -0.25) is 9.97 Å². The molecule has 35 heavy (non-hydrogen) atoms. The number of hydrogen-bond donors (Lipinski definition) is 0. The summed E-state index contributed by atoms with van der Waals surface area (Å²) in [5.74, 6) is 0. The molecule has 3 nitrogen and oxygen atoms in total. The summed E-state index contributed by atoms with van der Waals surface area (Å²) in [5, 5.41) is 7.02. The maximum atomic E-state index is 4.52. The fourth-order valence-electron chi connectivity index (χ4n) is 4.27. The van der Waals surface area contributed by atoms with Crippen molar-refractivity contribution in [3.63, 3.8) is 0 Å². The van der Waals surface area contributed by atoms with E-state index in [1.807, 2.05) is 67.1 Å². The molecule has 0 radical (unpaired) electrons. The van der Waals surface area contributed by atoms with Crippen molar-refractivity contribution in [2.75, 3.05) is 0 Å². The summed E-state index contributed by atoms with van der Waals surface area (Å²) in [5.41, 5.74) is 4.06. The first-order valence-corrected chi connectivity index (χ1v) is 11.2. The summed E-state index contributed by atoms with van der Waals surface area (Å²) < 4.78 is 0. The molecule has 3 aromatic heterocycles. The predicted octanol–water partition coefficient (Wildman–Crippen LogP) is 7.64. The minimum Gasteiger partial charge on any atom is -0.304 e. The van der Waals surface area contributed by atoms with Gasteiger partial charge in [-0.15, -0.1) is 35.9 Å². The molecule has 0 spiro atoms. The zero-order valence-electron chi connectivity index (χ0n) is 18.7. The Morgan fingerprint density at radius 2 is 1.11 bits per heavy atom. The first-order valence-electron chi connectivity index (χ1n) is 11.2. The Bertz CT molecular complexity index is 1690. The number of benzene rings is 4. The van der Waals surface area contributed by atoms with Gasteiger partial charge < -0.3 is 4.98 Å². The van der Waals surface area contributed by atoms with Crippen LogP contribution in [-0.4, -0.2) is 15.0 Å². The Hall–Kier alpha value is -3.94. The molecule has 4 heteroatoms. The number of aromatic nitrogens is 3. The molecule has 0 saturated carbocycles. The van der Waals surface area contributed by atoms with Gasteiger partial charge in [0, 0.05) is 55.8 Å². The van der Waals surface area contributed by atoms with E-state index in [0.717, 1.165) is 38.4 Å². The van der Waals surface area contributed by atoms with E-state index >= 15 is 0 Å². The molecule has 0 aliphatic rings. The smallest absolute Gasteiger partial charge is 0.0802 e. The van der Waals surface area contributed by atoms with E-state index in [1.54, 1.807) is 0 Å². The van der Waals surface area contributed by atoms with E-state index in [9.17, 15) is 0 Å². The van der Waals surface area contributed by atoms with Crippen molar-refractivity contribution in [2.45, 2.75) is 0 Å². The Kier molecular flexibility index (Phi) is 6.61. The first-order chi connectivity index (χ1) is 16.9. The molecule has 7 aromatic rings. The van der Waals surface area contributed by atoms with Gasteiger partial charge in [0.05, 0.1) is 11.0 Å². The van der Waals surface area contributed by atoms with E-state index in [2.05, 4.69) is 75.6 Å². The second kappa shape index (κ2) is 10.1.